The Labute approximate surface area is 177 Å². The average molecular weight is 430 g/mol. The monoisotopic (exact) mass is 430 g/mol. The van der Waals surface area contributed by atoms with Crippen LogP contribution in [-0.2, 0) is 17.6 Å². The third kappa shape index (κ3) is 6.74. The third-order valence-electron chi connectivity index (χ3n) is 4.44. The molecule has 5 nitrogen and oxygen atoms in total. The van der Waals surface area contributed by atoms with Crippen molar-refractivity contribution in [3.8, 4) is 11.5 Å². The van der Waals surface area contributed by atoms with Gasteiger partial charge in [0.2, 0.25) is 0 Å². The summed E-state index contributed by atoms with van der Waals surface area (Å²) in [5.41, 5.74) is 1.06. The molecule has 1 amide bonds. The van der Waals surface area contributed by atoms with Crippen LogP contribution in [0.5, 0.6) is 11.5 Å². The standard InChI is InChI=1S/C23H21F3N2O3/c1-16(18-4-8-20(9-5-18)30-14-17-3-2-12-27-13-17)28-22(29)15-31-21-10-6-19(7-11-21)23(24,25)26/h2-13,16H,14-15H2,1H3,(H,28,29). The third-order valence-corrected chi connectivity index (χ3v) is 4.44. The summed E-state index contributed by atoms with van der Waals surface area (Å²) in [5.74, 6) is 0.493. The zero-order valence-corrected chi connectivity index (χ0v) is 16.7. The summed E-state index contributed by atoms with van der Waals surface area (Å²) in [6, 6.07) is 15.0. The Hall–Kier alpha value is -3.55. The SMILES string of the molecule is CC(NC(=O)COc1ccc(C(F)(F)F)cc1)c1ccc(OCc2cccnc2)cc1. The van der Waals surface area contributed by atoms with Gasteiger partial charge in [0.15, 0.2) is 6.61 Å². The first-order valence-corrected chi connectivity index (χ1v) is 9.52. The molecule has 0 fully saturated rings. The second kappa shape index (κ2) is 9.97. The minimum atomic E-state index is -4.41. The summed E-state index contributed by atoms with van der Waals surface area (Å²) in [7, 11) is 0. The topological polar surface area (TPSA) is 60.5 Å². The van der Waals surface area contributed by atoms with Gasteiger partial charge in [-0.3, -0.25) is 9.78 Å². The molecule has 0 aliphatic rings. The fourth-order valence-electron chi connectivity index (χ4n) is 2.76. The summed E-state index contributed by atoms with van der Waals surface area (Å²) in [4.78, 5) is 16.1. The van der Waals surface area contributed by atoms with Crippen LogP contribution >= 0.6 is 0 Å². The lowest BCUT2D eigenvalue weighted by Gasteiger charge is -2.15. The van der Waals surface area contributed by atoms with Crippen LogP contribution in [0.15, 0.2) is 73.1 Å². The van der Waals surface area contributed by atoms with Crippen molar-refractivity contribution in [2.75, 3.05) is 6.61 Å². The molecule has 1 aromatic heterocycles. The highest BCUT2D eigenvalue weighted by Gasteiger charge is 2.30. The molecule has 0 aliphatic heterocycles. The van der Waals surface area contributed by atoms with E-state index in [0.29, 0.717) is 12.4 Å². The molecular weight excluding hydrogens is 409 g/mol. The Kier molecular flexibility index (Phi) is 7.12. The first kappa shape index (κ1) is 22.1. The highest BCUT2D eigenvalue weighted by atomic mass is 19.4. The predicted octanol–water partition coefficient (Wildman–Crippen LogP) is 4.94. The van der Waals surface area contributed by atoms with Crippen LogP contribution in [0.3, 0.4) is 0 Å². The number of alkyl halides is 3. The number of pyridine rings is 1. The summed E-state index contributed by atoms with van der Waals surface area (Å²) in [5, 5.41) is 2.79. The molecule has 0 saturated carbocycles. The molecule has 2 aromatic carbocycles. The minimum Gasteiger partial charge on any atom is -0.489 e. The van der Waals surface area contributed by atoms with Crippen molar-refractivity contribution in [2.45, 2.75) is 25.7 Å². The number of aromatic nitrogens is 1. The maximum absolute atomic E-state index is 12.6. The van der Waals surface area contributed by atoms with Gasteiger partial charge in [-0.25, -0.2) is 0 Å². The lowest BCUT2D eigenvalue weighted by molar-refractivity contribution is -0.137. The Balaban J connectivity index is 1.45. The van der Waals surface area contributed by atoms with Gasteiger partial charge < -0.3 is 14.8 Å². The van der Waals surface area contributed by atoms with Gasteiger partial charge in [-0.15, -0.1) is 0 Å². The zero-order valence-electron chi connectivity index (χ0n) is 16.7. The number of rotatable bonds is 8. The number of carbonyl (C=O) groups excluding carboxylic acids is 1. The Morgan fingerprint density at radius 1 is 1.00 bits per heavy atom. The van der Waals surface area contributed by atoms with Crippen molar-refractivity contribution >= 4 is 5.91 Å². The quantitative estimate of drug-likeness (QED) is 0.550. The molecule has 0 aliphatic carbocycles. The van der Waals surface area contributed by atoms with Gasteiger partial charge in [0, 0.05) is 18.0 Å². The van der Waals surface area contributed by atoms with E-state index >= 15 is 0 Å². The Morgan fingerprint density at radius 3 is 2.26 bits per heavy atom. The van der Waals surface area contributed by atoms with Crippen molar-refractivity contribution in [1.29, 1.82) is 0 Å². The second-order valence-corrected chi connectivity index (χ2v) is 6.82. The van der Waals surface area contributed by atoms with E-state index in [-0.39, 0.29) is 24.3 Å². The van der Waals surface area contributed by atoms with Gasteiger partial charge in [0.05, 0.1) is 11.6 Å². The van der Waals surface area contributed by atoms with E-state index in [1.54, 1.807) is 12.4 Å². The van der Waals surface area contributed by atoms with Gasteiger partial charge >= 0.3 is 6.18 Å². The lowest BCUT2D eigenvalue weighted by atomic mass is 10.1. The van der Waals surface area contributed by atoms with E-state index in [9.17, 15) is 18.0 Å². The summed E-state index contributed by atoms with van der Waals surface area (Å²) in [6.07, 6.45) is -0.980. The fraction of sp³-hybridized carbons (Fsp3) is 0.217. The van der Waals surface area contributed by atoms with Crippen molar-refractivity contribution in [2.24, 2.45) is 0 Å². The largest absolute Gasteiger partial charge is 0.489 e. The lowest BCUT2D eigenvalue weighted by Crippen LogP contribution is -2.31. The minimum absolute atomic E-state index is 0.186. The van der Waals surface area contributed by atoms with E-state index in [0.717, 1.165) is 23.3 Å². The molecule has 1 atom stereocenters. The highest BCUT2D eigenvalue weighted by molar-refractivity contribution is 5.78. The number of amides is 1. The van der Waals surface area contributed by atoms with Crippen LogP contribution in [0.1, 0.15) is 29.7 Å². The van der Waals surface area contributed by atoms with Gasteiger partial charge in [-0.1, -0.05) is 18.2 Å². The molecule has 0 spiro atoms. The van der Waals surface area contributed by atoms with Crippen molar-refractivity contribution in [1.82, 2.24) is 10.3 Å². The van der Waals surface area contributed by atoms with Crippen LogP contribution in [0, 0.1) is 0 Å². The molecule has 0 radical (unpaired) electrons. The number of nitrogens with one attached hydrogen (secondary N) is 1. The normalized spacial score (nSPS) is 12.1. The van der Waals surface area contributed by atoms with Crippen molar-refractivity contribution in [3.63, 3.8) is 0 Å². The second-order valence-electron chi connectivity index (χ2n) is 6.82. The number of hydrogen-bond acceptors (Lipinski definition) is 4. The number of ether oxygens (including phenoxy) is 2. The van der Waals surface area contributed by atoms with Gasteiger partial charge in [0.1, 0.15) is 18.1 Å². The first-order valence-electron chi connectivity index (χ1n) is 9.52. The molecule has 8 heteroatoms. The molecule has 1 unspecified atom stereocenters. The van der Waals surface area contributed by atoms with Crippen LogP contribution < -0.4 is 14.8 Å². The molecule has 3 rings (SSSR count). The van der Waals surface area contributed by atoms with Crippen LogP contribution in [0.25, 0.3) is 0 Å². The summed E-state index contributed by atoms with van der Waals surface area (Å²) < 4.78 is 48.7. The summed E-state index contributed by atoms with van der Waals surface area (Å²) >= 11 is 0. The smallest absolute Gasteiger partial charge is 0.416 e. The van der Waals surface area contributed by atoms with E-state index in [1.165, 1.54) is 12.1 Å². The fourth-order valence-corrected chi connectivity index (χ4v) is 2.76. The molecule has 3 aromatic rings. The Morgan fingerprint density at radius 2 is 1.65 bits per heavy atom. The summed E-state index contributed by atoms with van der Waals surface area (Å²) in [6.45, 7) is 1.92. The van der Waals surface area contributed by atoms with Gasteiger partial charge in [0.25, 0.3) is 5.91 Å². The Bertz CT molecular complexity index is 976. The number of hydrogen-bond donors (Lipinski definition) is 1. The maximum atomic E-state index is 12.6. The van der Waals surface area contributed by atoms with Crippen LogP contribution in [-0.4, -0.2) is 17.5 Å². The molecule has 1 heterocycles. The number of carbonyl (C=O) groups is 1. The van der Waals surface area contributed by atoms with E-state index < -0.39 is 11.7 Å². The van der Waals surface area contributed by atoms with Crippen LogP contribution in [0.4, 0.5) is 13.2 Å². The number of benzene rings is 2. The van der Waals surface area contributed by atoms with Gasteiger partial charge in [-0.05, 0) is 55.0 Å². The molecule has 0 bridgehead atoms. The van der Waals surface area contributed by atoms with E-state index in [1.807, 2.05) is 43.3 Å². The molecule has 162 valence electrons. The molecule has 0 saturated heterocycles. The van der Waals surface area contributed by atoms with Crippen molar-refractivity contribution < 1.29 is 27.4 Å². The van der Waals surface area contributed by atoms with Gasteiger partial charge in [-0.2, -0.15) is 13.2 Å². The molecule has 1 N–H and O–H groups in total. The maximum Gasteiger partial charge on any atom is 0.416 e. The highest BCUT2D eigenvalue weighted by Crippen LogP contribution is 2.30. The van der Waals surface area contributed by atoms with Crippen molar-refractivity contribution in [3.05, 3.63) is 89.7 Å². The van der Waals surface area contributed by atoms with E-state index in [2.05, 4.69) is 10.3 Å². The number of nitrogens with zero attached hydrogens (tertiary/aromatic N) is 1. The number of halogens is 3. The average Bonchev–Trinajstić information content (AvgIpc) is 2.77. The zero-order chi connectivity index (χ0) is 22.3. The van der Waals surface area contributed by atoms with Crippen LogP contribution in [0.2, 0.25) is 0 Å². The first-order chi connectivity index (χ1) is 14.8. The van der Waals surface area contributed by atoms with E-state index in [4.69, 9.17) is 9.47 Å². The predicted molar refractivity (Wildman–Crippen MR) is 109 cm³/mol. The molecule has 31 heavy (non-hydrogen) atoms. The molecular formula is C23H21F3N2O3.